The van der Waals surface area contributed by atoms with Gasteiger partial charge >= 0.3 is 6.18 Å². The third kappa shape index (κ3) is 2.70. The number of benzene rings is 1. The zero-order chi connectivity index (χ0) is 14.9. The van der Waals surface area contributed by atoms with Crippen LogP contribution >= 0.6 is 0 Å². The number of halogens is 3. The van der Waals surface area contributed by atoms with Gasteiger partial charge in [0, 0.05) is 5.69 Å². The molecule has 3 nitrogen and oxygen atoms in total. The molecule has 108 valence electrons. The molecule has 1 heterocycles. The van der Waals surface area contributed by atoms with Gasteiger partial charge in [-0.2, -0.15) is 13.2 Å². The van der Waals surface area contributed by atoms with Crippen molar-refractivity contribution >= 4 is 0 Å². The maximum atomic E-state index is 13.2. The Hall–Kier alpha value is -1.82. The number of nitrogens with two attached hydrogens (primary N) is 1. The Kier molecular flexibility index (Phi) is 3.85. The summed E-state index contributed by atoms with van der Waals surface area (Å²) >= 11 is 0. The summed E-state index contributed by atoms with van der Waals surface area (Å²) in [5.41, 5.74) is 6.82. The van der Waals surface area contributed by atoms with Crippen LogP contribution in [0.5, 0.6) is 0 Å². The SMILES string of the molecule is Cc1ncn(-c2ccc(CCN)cc2C(F)(F)F)c1C. The van der Waals surface area contributed by atoms with E-state index in [1.54, 1.807) is 19.9 Å². The average Bonchev–Trinajstić information content (AvgIpc) is 2.70. The van der Waals surface area contributed by atoms with Crippen LogP contribution in [0, 0.1) is 13.8 Å². The second kappa shape index (κ2) is 5.28. The molecule has 2 aromatic rings. The second-order valence-corrected chi connectivity index (χ2v) is 4.67. The van der Waals surface area contributed by atoms with E-state index in [-0.39, 0.29) is 5.69 Å². The molecule has 0 aliphatic rings. The molecule has 0 aliphatic carbocycles. The van der Waals surface area contributed by atoms with Crippen molar-refractivity contribution in [2.45, 2.75) is 26.4 Å². The van der Waals surface area contributed by atoms with Gasteiger partial charge < -0.3 is 10.3 Å². The average molecular weight is 283 g/mol. The van der Waals surface area contributed by atoms with E-state index in [0.717, 1.165) is 6.07 Å². The largest absolute Gasteiger partial charge is 0.418 e. The Morgan fingerprint density at radius 3 is 2.45 bits per heavy atom. The fourth-order valence-corrected chi connectivity index (χ4v) is 2.08. The molecule has 0 radical (unpaired) electrons. The Balaban J connectivity index is 2.61. The van der Waals surface area contributed by atoms with Gasteiger partial charge in [0.25, 0.3) is 0 Å². The third-order valence-electron chi connectivity index (χ3n) is 3.31. The molecule has 2 N–H and O–H groups in total. The third-order valence-corrected chi connectivity index (χ3v) is 3.31. The number of rotatable bonds is 3. The van der Waals surface area contributed by atoms with Gasteiger partial charge in [-0.05, 0) is 44.5 Å². The fraction of sp³-hybridized carbons (Fsp3) is 0.357. The second-order valence-electron chi connectivity index (χ2n) is 4.67. The highest BCUT2D eigenvalue weighted by Gasteiger charge is 2.34. The molecule has 1 aromatic carbocycles. The Morgan fingerprint density at radius 1 is 1.25 bits per heavy atom. The minimum atomic E-state index is -4.41. The molecule has 0 saturated heterocycles. The molecule has 0 unspecified atom stereocenters. The quantitative estimate of drug-likeness (QED) is 0.941. The maximum Gasteiger partial charge on any atom is 0.418 e. The van der Waals surface area contributed by atoms with Crippen molar-refractivity contribution in [3.63, 3.8) is 0 Å². The van der Waals surface area contributed by atoms with Crippen molar-refractivity contribution < 1.29 is 13.2 Å². The van der Waals surface area contributed by atoms with Crippen LogP contribution in [-0.4, -0.2) is 16.1 Å². The standard InChI is InChI=1S/C14H16F3N3/c1-9-10(2)20(8-19-9)13-4-3-11(5-6-18)7-12(13)14(15,16)17/h3-4,7-8H,5-6,18H2,1-2H3. The maximum absolute atomic E-state index is 13.2. The molecule has 0 bridgehead atoms. The summed E-state index contributed by atoms with van der Waals surface area (Å²) in [6.07, 6.45) is -2.58. The topological polar surface area (TPSA) is 43.8 Å². The summed E-state index contributed by atoms with van der Waals surface area (Å²) in [4.78, 5) is 4.05. The van der Waals surface area contributed by atoms with E-state index in [1.807, 2.05) is 0 Å². The van der Waals surface area contributed by atoms with Crippen LogP contribution in [-0.2, 0) is 12.6 Å². The van der Waals surface area contributed by atoms with E-state index >= 15 is 0 Å². The lowest BCUT2D eigenvalue weighted by Crippen LogP contribution is -2.13. The number of aryl methyl sites for hydroxylation is 1. The van der Waals surface area contributed by atoms with E-state index < -0.39 is 11.7 Å². The van der Waals surface area contributed by atoms with E-state index in [0.29, 0.717) is 29.9 Å². The number of aromatic nitrogens is 2. The van der Waals surface area contributed by atoms with Crippen LogP contribution < -0.4 is 5.73 Å². The minimum Gasteiger partial charge on any atom is -0.330 e. The summed E-state index contributed by atoms with van der Waals surface area (Å²) in [6.45, 7) is 3.83. The normalized spacial score (nSPS) is 11.9. The number of hydrogen-bond donors (Lipinski definition) is 1. The van der Waals surface area contributed by atoms with Crippen molar-refractivity contribution in [1.82, 2.24) is 9.55 Å². The first-order chi connectivity index (χ1) is 9.34. The van der Waals surface area contributed by atoms with Crippen molar-refractivity contribution in [2.75, 3.05) is 6.54 Å². The summed E-state index contributed by atoms with van der Waals surface area (Å²) in [6, 6.07) is 4.31. The number of nitrogens with zero attached hydrogens (tertiary/aromatic N) is 2. The summed E-state index contributed by atoms with van der Waals surface area (Å²) in [5.74, 6) is 0. The predicted molar refractivity (Wildman–Crippen MR) is 70.8 cm³/mol. The van der Waals surface area contributed by atoms with Gasteiger partial charge in [0.05, 0.1) is 23.3 Å². The van der Waals surface area contributed by atoms with Gasteiger partial charge in [0.15, 0.2) is 0 Å². The number of imidazole rings is 1. The van der Waals surface area contributed by atoms with Gasteiger partial charge in [-0.1, -0.05) is 6.07 Å². The summed E-state index contributed by atoms with van der Waals surface area (Å²) < 4.78 is 41.1. The van der Waals surface area contributed by atoms with E-state index in [1.165, 1.54) is 17.0 Å². The molecular formula is C14H16F3N3. The minimum absolute atomic E-state index is 0.0939. The van der Waals surface area contributed by atoms with Crippen LogP contribution in [0.3, 0.4) is 0 Å². The predicted octanol–water partition coefficient (Wildman–Crippen LogP) is 3.01. The fourth-order valence-electron chi connectivity index (χ4n) is 2.08. The monoisotopic (exact) mass is 283 g/mol. The zero-order valence-electron chi connectivity index (χ0n) is 11.3. The van der Waals surface area contributed by atoms with Gasteiger partial charge in [0.2, 0.25) is 0 Å². The first-order valence-electron chi connectivity index (χ1n) is 6.25. The van der Waals surface area contributed by atoms with Crippen LogP contribution in [0.25, 0.3) is 5.69 Å². The molecule has 2 rings (SSSR count). The Labute approximate surface area is 115 Å². The Bertz CT molecular complexity index is 615. The first kappa shape index (κ1) is 14.6. The number of hydrogen-bond acceptors (Lipinski definition) is 2. The Morgan fingerprint density at radius 2 is 1.95 bits per heavy atom. The number of alkyl halides is 3. The highest BCUT2D eigenvalue weighted by atomic mass is 19.4. The van der Waals surface area contributed by atoms with Crippen LogP contribution in [0.1, 0.15) is 22.5 Å². The van der Waals surface area contributed by atoms with E-state index in [2.05, 4.69) is 4.98 Å². The van der Waals surface area contributed by atoms with E-state index in [4.69, 9.17) is 5.73 Å². The van der Waals surface area contributed by atoms with Gasteiger partial charge in [-0.25, -0.2) is 4.98 Å². The molecule has 0 atom stereocenters. The molecule has 0 spiro atoms. The highest BCUT2D eigenvalue weighted by molar-refractivity contribution is 5.47. The summed E-state index contributed by atoms with van der Waals surface area (Å²) in [5, 5.41) is 0. The van der Waals surface area contributed by atoms with Crippen molar-refractivity contribution in [1.29, 1.82) is 0 Å². The lowest BCUT2D eigenvalue weighted by molar-refractivity contribution is -0.137. The molecule has 6 heteroatoms. The van der Waals surface area contributed by atoms with Crippen LogP contribution in [0.4, 0.5) is 13.2 Å². The van der Waals surface area contributed by atoms with Crippen LogP contribution in [0.2, 0.25) is 0 Å². The summed E-state index contributed by atoms with van der Waals surface area (Å²) in [7, 11) is 0. The van der Waals surface area contributed by atoms with Gasteiger partial charge in [-0.15, -0.1) is 0 Å². The van der Waals surface area contributed by atoms with Gasteiger partial charge in [-0.3, -0.25) is 0 Å². The first-order valence-corrected chi connectivity index (χ1v) is 6.25. The molecule has 0 saturated carbocycles. The van der Waals surface area contributed by atoms with Gasteiger partial charge in [0.1, 0.15) is 0 Å². The highest BCUT2D eigenvalue weighted by Crippen LogP contribution is 2.35. The lowest BCUT2D eigenvalue weighted by Gasteiger charge is -2.16. The van der Waals surface area contributed by atoms with Crippen molar-refractivity contribution in [2.24, 2.45) is 5.73 Å². The molecular weight excluding hydrogens is 267 g/mol. The van der Waals surface area contributed by atoms with Crippen LogP contribution in [0.15, 0.2) is 24.5 Å². The van der Waals surface area contributed by atoms with Crippen molar-refractivity contribution in [3.8, 4) is 5.69 Å². The molecule has 1 aromatic heterocycles. The molecule has 0 aliphatic heterocycles. The zero-order valence-corrected chi connectivity index (χ0v) is 11.3. The molecule has 0 fully saturated rings. The molecule has 20 heavy (non-hydrogen) atoms. The van der Waals surface area contributed by atoms with E-state index in [9.17, 15) is 13.2 Å². The smallest absolute Gasteiger partial charge is 0.330 e. The molecule has 0 amide bonds. The van der Waals surface area contributed by atoms with Crippen molar-refractivity contribution in [3.05, 3.63) is 47.0 Å². The lowest BCUT2D eigenvalue weighted by atomic mass is 10.1.